The van der Waals surface area contributed by atoms with Gasteiger partial charge in [-0.05, 0) is 61.3 Å². The fourth-order valence-electron chi connectivity index (χ4n) is 5.53. The smallest absolute Gasteiger partial charge is 0.255 e. The van der Waals surface area contributed by atoms with E-state index in [4.69, 9.17) is 4.74 Å². The third-order valence-electron chi connectivity index (χ3n) is 7.84. The van der Waals surface area contributed by atoms with Gasteiger partial charge in [0.1, 0.15) is 5.75 Å². The number of hydrogen-bond acceptors (Lipinski definition) is 6. The van der Waals surface area contributed by atoms with E-state index in [2.05, 4.69) is 15.5 Å². The van der Waals surface area contributed by atoms with Crippen LogP contribution in [0.15, 0.2) is 72.8 Å². The Morgan fingerprint density at radius 3 is 2.45 bits per heavy atom. The lowest BCUT2D eigenvalue weighted by Gasteiger charge is -2.27. The lowest BCUT2D eigenvalue weighted by atomic mass is 10.1. The Kier molecular flexibility index (Phi) is 9.71. The van der Waals surface area contributed by atoms with E-state index in [0.717, 1.165) is 43.7 Å². The van der Waals surface area contributed by atoms with Crippen LogP contribution in [0.25, 0.3) is 0 Å². The molecule has 2 saturated heterocycles. The summed E-state index contributed by atoms with van der Waals surface area (Å²) in [6.45, 7) is 5.59. The molecule has 0 bridgehead atoms. The molecule has 0 atom stereocenters. The third-order valence-corrected chi connectivity index (χ3v) is 7.84. The number of rotatable bonds is 7. The molecule has 9 heteroatoms. The summed E-state index contributed by atoms with van der Waals surface area (Å²) < 4.78 is 5.31. The van der Waals surface area contributed by atoms with E-state index in [-0.39, 0.29) is 17.7 Å². The molecule has 9 nitrogen and oxygen atoms in total. The molecule has 0 unspecified atom stereocenters. The molecule has 0 aliphatic carbocycles. The minimum Gasteiger partial charge on any atom is -0.497 e. The Labute approximate surface area is 247 Å². The highest BCUT2D eigenvalue weighted by Gasteiger charge is 2.24. The maximum absolute atomic E-state index is 13.5. The molecular weight excluding hydrogens is 530 g/mol. The summed E-state index contributed by atoms with van der Waals surface area (Å²) in [5.74, 6) is 0.376. The minimum absolute atomic E-state index is 0.0457. The zero-order chi connectivity index (χ0) is 29.3. The molecule has 3 aromatic carbocycles. The van der Waals surface area contributed by atoms with Crippen molar-refractivity contribution in [1.29, 1.82) is 0 Å². The van der Waals surface area contributed by atoms with E-state index in [1.165, 1.54) is 0 Å². The maximum atomic E-state index is 13.5. The predicted octanol–water partition coefficient (Wildman–Crippen LogP) is 3.66. The van der Waals surface area contributed by atoms with Crippen LogP contribution in [0.5, 0.6) is 5.75 Å². The fourth-order valence-corrected chi connectivity index (χ4v) is 5.53. The van der Waals surface area contributed by atoms with Gasteiger partial charge in [-0.1, -0.05) is 36.4 Å². The molecule has 0 aromatic heterocycles. The molecule has 3 amide bonds. The van der Waals surface area contributed by atoms with Gasteiger partial charge in [0.15, 0.2) is 0 Å². The molecule has 2 N–H and O–H groups in total. The van der Waals surface area contributed by atoms with Gasteiger partial charge in [0.25, 0.3) is 11.8 Å². The van der Waals surface area contributed by atoms with Crippen molar-refractivity contribution in [1.82, 2.24) is 15.1 Å². The number of benzene rings is 3. The quantitative estimate of drug-likeness (QED) is 0.451. The van der Waals surface area contributed by atoms with Crippen LogP contribution < -0.4 is 20.3 Å². The maximum Gasteiger partial charge on any atom is 0.255 e. The van der Waals surface area contributed by atoms with Crippen molar-refractivity contribution >= 4 is 29.1 Å². The molecular formula is C33H39N5O4. The SMILES string of the molecule is COc1cccc(C(=O)Nc2cc(C(=O)N3CCCNCC3)ccc2N2CCCN(C(=O)Cc3ccccc3)CC2)c1. The van der Waals surface area contributed by atoms with Gasteiger partial charge < -0.3 is 30.1 Å². The van der Waals surface area contributed by atoms with Crippen LogP contribution in [-0.4, -0.2) is 87.0 Å². The van der Waals surface area contributed by atoms with Gasteiger partial charge in [0.2, 0.25) is 5.91 Å². The van der Waals surface area contributed by atoms with Crippen LogP contribution >= 0.6 is 0 Å². The number of methoxy groups -OCH3 is 1. The lowest BCUT2D eigenvalue weighted by molar-refractivity contribution is -0.130. The van der Waals surface area contributed by atoms with Gasteiger partial charge >= 0.3 is 0 Å². The van der Waals surface area contributed by atoms with Crippen LogP contribution in [0, 0.1) is 0 Å². The van der Waals surface area contributed by atoms with Crippen LogP contribution in [0.4, 0.5) is 11.4 Å². The summed E-state index contributed by atoms with van der Waals surface area (Å²) in [7, 11) is 1.57. The highest BCUT2D eigenvalue weighted by atomic mass is 16.5. The molecule has 220 valence electrons. The van der Waals surface area contributed by atoms with E-state index in [0.29, 0.717) is 61.7 Å². The highest BCUT2D eigenvalue weighted by molar-refractivity contribution is 6.07. The Bertz CT molecular complexity index is 1390. The second-order valence-electron chi connectivity index (χ2n) is 10.7. The zero-order valence-electron chi connectivity index (χ0n) is 24.2. The topological polar surface area (TPSA) is 94.2 Å². The lowest BCUT2D eigenvalue weighted by Crippen LogP contribution is -2.36. The Balaban J connectivity index is 1.37. The first-order chi connectivity index (χ1) is 20.5. The zero-order valence-corrected chi connectivity index (χ0v) is 24.2. The number of anilines is 2. The second kappa shape index (κ2) is 14.0. The van der Waals surface area contributed by atoms with E-state index < -0.39 is 0 Å². The molecule has 0 spiro atoms. The van der Waals surface area contributed by atoms with E-state index in [9.17, 15) is 14.4 Å². The van der Waals surface area contributed by atoms with Crippen LogP contribution in [0.1, 0.15) is 39.1 Å². The van der Waals surface area contributed by atoms with E-state index >= 15 is 0 Å². The summed E-state index contributed by atoms with van der Waals surface area (Å²) in [6.07, 6.45) is 2.08. The number of nitrogens with one attached hydrogen (secondary N) is 2. The fraction of sp³-hybridized carbons (Fsp3) is 0.364. The molecule has 2 aliphatic heterocycles. The van der Waals surface area contributed by atoms with Gasteiger partial charge in [-0.25, -0.2) is 0 Å². The van der Waals surface area contributed by atoms with Gasteiger partial charge in [-0.3, -0.25) is 14.4 Å². The number of carbonyl (C=O) groups is 3. The van der Waals surface area contributed by atoms with Crippen LogP contribution in [-0.2, 0) is 11.2 Å². The van der Waals surface area contributed by atoms with Gasteiger partial charge in [-0.15, -0.1) is 0 Å². The molecule has 3 aromatic rings. The van der Waals surface area contributed by atoms with Crippen molar-refractivity contribution in [2.45, 2.75) is 19.3 Å². The largest absolute Gasteiger partial charge is 0.497 e. The predicted molar refractivity (Wildman–Crippen MR) is 164 cm³/mol. The van der Waals surface area contributed by atoms with Crippen molar-refractivity contribution in [2.24, 2.45) is 0 Å². The average molecular weight is 570 g/mol. The first-order valence-electron chi connectivity index (χ1n) is 14.7. The van der Waals surface area contributed by atoms with Crippen LogP contribution in [0.3, 0.4) is 0 Å². The molecule has 0 radical (unpaired) electrons. The first kappa shape index (κ1) is 29.1. The highest BCUT2D eigenvalue weighted by Crippen LogP contribution is 2.30. The third kappa shape index (κ3) is 7.28. The number of carbonyl (C=O) groups excluding carboxylic acids is 3. The Morgan fingerprint density at radius 2 is 1.62 bits per heavy atom. The average Bonchev–Trinajstić information content (AvgIpc) is 3.45. The van der Waals surface area contributed by atoms with Crippen molar-refractivity contribution in [3.8, 4) is 5.75 Å². The summed E-state index contributed by atoms with van der Waals surface area (Å²) in [5, 5.41) is 6.41. The van der Waals surface area contributed by atoms with E-state index in [1.807, 2.05) is 52.3 Å². The molecule has 2 heterocycles. The van der Waals surface area contributed by atoms with Crippen molar-refractivity contribution in [3.05, 3.63) is 89.5 Å². The van der Waals surface area contributed by atoms with Crippen molar-refractivity contribution in [3.63, 3.8) is 0 Å². The molecule has 2 aliphatic rings. The standard InChI is InChI=1S/C33H39N5O4/c1-42-28-11-5-10-26(23-28)32(40)35-29-24-27(33(41)38-16-6-14-34-15-19-38)12-13-30(29)36-17-7-18-37(21-20-36)31(39)22-25-8-3-2-4-9-25/h2-5,8-13,23-24,34H,6-7,14-22H2,1H3,(H,35,40). The van der Waals surface area contributed by atoms with Gasteiger partial charge in [-0.2, -0.15) is 0 Å². The number of amides is 3. The Hall–Kier alpha value is -4.37. The minimum atomic E-state index is -0.284. The summed E-state index contributed by atoms with van der Waals surface area (Å²) in [4.78, 5) is 45.9. The first-order valence-corrected chi connectivity index (χ1v) is 14.7. The molecule has 0 saturated carbocycles. The summed E-state index contributed by atoms with van der Waals surface area (Å²) in [5.41, 5.74) is 3.41. The molecule has 42 heavy (non-hydrogen) atoms. The van der Waals surface area contributed by atoms with Crippen LogP contribution in [0.2, 0.25) is 0 Å². The normalized spacial score (nSPS) is 15.9. The summed E-state index contributed by atoms with van der Waals surface area (Å²) >= 11 is 0. The van der Waals surface area contributed by atoms with Crippen molar-refractivity contribution in [2.75, 3.05) is 69.7 Å². The molecule has 2 fully saturated rings. The number of ether oxygens (including phenoxy) is 1. The number of hydrogen-bond donors (Lipinski definition) is 2. The van der Waals surface area contributed by atoms with Crippen molar-refractivity contribution < 1.29 is 19.1 Å². The van der Waals surface area contributed by atoms with Gasteiger partial charge in [0, 0.05) is 56.9 Å². The summed E-state index contributed by atoms with van der Waals surface area (Å²) in [6, 6.07) is 22.4. The molecule has 5 rings (SSSR count). The van der Waals surface area contributed by atoms with Gasteiger partial charge in [0.05, 0.1) is 24.9 Å². The Morgan fingerprint density at radius 1 is 0.786 bits per heavy atom. The number of nitrogens with zero attached hydrogens (tertiary/aromatic N) is 3. The van der Waals surface area contributed by atoms with E-state index in [1.54, 1.807) is 37.4 Å². The monoisotopic (exact) mass is 569 g/mol. The second-order valence-corrected chi connectivity index (χ2v) is 10.7.